The van der Waals surface area contributed by atoms with E-state index in [-0.39, 0.29) is 25.2 Å². The Hall–Kier alpha value is -4.44. The second-order valence-corrected chi connectivity index (χ2v) is 12.7. The first-order chi connectivity index (χ1) is 20.2. The number of rotatable bonds is 5. The molecule has 0 saturated carbocycles. The van der Waals surface area contributed by atoms with Gasteiger partial charge in [0.2, 0.25) is 0 Å². The van der Waals surface area contributed by atoms with E-state index >= 15 is 0 Å². The quantitative estimate of drug-likeness (QED) is 0.463. The number of carbonyl (C=O) groups is 2. The average Bonchev–Trinajstić information content (AvgIpc) is 3.42. The first kappa shape index (κ1) is 30.0. The molecule has 228 valence electrons. The van der Waals surface area contributed by atoms with E-state index in [2.05, 4.69) is 16.2 Å². The van der Waals surface area contributed by atoms with Gasteiger partial charge in [0.25, 0.3) is 0 Å². The predicted octanol–water partition coefficient (Wildman–Crippen LogP) is 4.15. The first-order valence-electron chi connectivity index (χ1n) is 14.1. The highest BCUT2D eigenvalue weighted by Crippen LogP contribution is 2.38. The number of hydrogen-bond donors (Lipinski definition) is 1. The lowest BCUT2D eigenvalue weighted by Crippen LogP contribution is -2.65. The minimum Gasteiger partial charge on any atom is -0.444 e. The zero-order valence-electron chi connectivity index (χ0n) is 25.1. The van der Waals surface area contributed by atoms with Crippen molar-refractivity contribution in [3.63, 3.8) is 0 Å². The van der Waals surface area contributed by atoms with Gasteiger partial charge < -0.3 is 19.5 Å². The number of alkyl halides is 1. The van der Waals surface area contributed by atoms with Crippen LogP contribution in [0.4, 0.5) is 25.5 Å². The molecular formula is C30H36FN7O5. The molecule has 43 heavy (non-hydrogen) atoms. The van der Waals surface area contributed by atoms with Crippen molar-refractivity contribution in [1.29, 1.82) is 5.26 Å². The fourth-order valence-corrected chi connectivity index (χ4v) is 5.47. The third-order valence-corrected chi connectivity index (χ3v) is 7.25. The lowest BCUT2D eigenvalue weighted by atomic mass is 9.95. The number of carbonyl (C=O) groups excluding carboxylic acids is 2. The van der Waals surface area contributed by atoms with Gasteiger partial charge in [0.05, 0.1) is 60.4 Å². The highest BCUT2D eigenvalue weighted by atomic mass is 19.1. The summed E-state index contributed by atoms with van der Waals surface area (Å²) < 4.78 is 26.1. The SMILES string of the molecule is CC(C)(C)OC(=O)N(CCF)c1cc(-c2ccc(N3C[C@H]4[C@@H]3[C@@H](O)CN4C(=O)OC(C)(C)C)nc2)c2c(C#N)cnn2c1. The van der Waals surface area contributed by atoms with E-state index in [1.54, 1.807) is 71.0 Å². The zero-order valence-corrected chi connectivity index (χ0v) is 25.1. The normalized spacial score (nSPS) is 19.9. The van der Waals surface area contributed by atoms with Gasteiger partial charge in [-0.1, -0.05) is 0 Å². The smallest absolute Gasteiger partial charge is 0.414 e. The van der Waals surface area contributed by atoms with Crippen molar-refractivity contribution in [2.45, 2.75) is 70.9 Å². The number of nitrogens with zero attached hydrogens (tertiary/aromatic N) is 7. The molecule has 13 heteroatoms. The summed E-state index contributed by atoms with van der Waals surface area (Å²) in [5.74, 6) is 0.615. The zero-order chi connectivity index (χ0) is 31.3. The fraction of sp³-hybridized carbons (Fsp3) is 0.500. The number of pyridine rings is 2. The van der Waals surface area contributed by atoms with Gasteiger partial charge in [0.1, 0.15) is 29.8 Å². The van der Waals surface area contributed by atoms with Crippen LogP contribution in [0, 0.1) is 11.3 Å². The van der Waals surface area contributed by atoms with Crippen LogP contribution in [-0.2, 0) is 9.47 Å². The van der Waals surface area contributed by atoms with E-state index < -0.39 is 36.2 Å². The van der Waals surface area contributed by atoms with Crippen molar-refractivity contribution < 1.29 is 28.6 Å². The minimum atomic E-state index is -0.791. The Morgan fingerprint density at radius 3 is 2.47 bits per heavy atom. The highest BCUT2D eigenvalue weighted by molar-refractivity contribution is 5.92. The Kier molecular flexibility index (Phi) is 7.68. The molecule has 12 nitrogen and oxygen atoms in total. The topological polar surface area (TPSA) is 137 Å². The number of amides is 2. The molecule has 2 aliphatic rings. The lowest BCUT2D eigenvalue weighted by molar-refractivity contribution is 0.0189. The molecule has 2 amide bonds. The first-order valence-corrected chi connectivity index (χ1v) is 14.1. The summed E-state index contributed by atoms with van der Waals surface area (Å²) >= 11 is 0. The average molecular weight is 594 g/mol. The maximum Gasteiger partial charge on any atom is 0.414 e. The third-order valence-electron chi connectivity index (χ3n) is 7.25. The van der Waals surface area contributed by atoms with E-state index in [1.807, 2.05) is 11.0 Å². The number of fused-ring (bicyclic) bond motifs is 2. The summed E-state index contributed by atoms with van der Waals surface area (Å²) in [7, 11) is 0. The van der Waals surface area contributed by atoms with Crippen molar-refractivity contribution >= 4 is 29.2 Å². The fourth-order valence-electron chi connectivity index (χ4n) is 5.47. The van der Waals surface area contributed by atoms with Crippen LogP contribution >= 0.6 is 0 Å². The molecule has 3 aromatic rings. The molecule has 2 aliphatic heterocycles. The number of anilines is 2. The highest BCUT2D eigenvalue weighted by Gasteiger charge is 2.55. The Morgan fingerprint density at radius 1 is 1.14 bits per heavy atom. The molecule has 0 bridgehead atoms. The summed E-state index contributed by atoms with van der Waals surface area (Å²) in [6.07, 6.45) is 2.70. The predicted molar refractivity (Wildman–Crippen MR) is 157 cm³/mol. The van der Waals surface area contributed by atoms with Crippen molar-refractivity contribution in [3.05, 3.63) is 42.4 Å². The van der Waals surface area contributed by atoms with Gasteiger partial charge in [-0.25, -0.2) is 23.5 Å². The van der Waals surface area contributed by atoms with Gasteiger partial charge in [0, 0.05) is 23.9 Å². The molecule has 0 aromatic carbocycles. The number of nitriles is 1. The lowest BCUT2D eigenvalue weighted by Gasteiger charge is -2.47. The number of halogens is 1. The van der Waals surface area contributed by atoms with E-state index in [0.717, 1.165) is 0 Å². The Bertz CT molecular complexity index is 1570. The Labute approximate surface area is 249 Å². The van der Waals surface area contributed by atoms with Gasteiger partial charge >= 0.3 is 12.2 Å². The van der Waals surface area contributed by atoms with Gasteiger partial charge in [-0.2, -0.15) is 10.4 Å². The number of β-amino-alcohol motifs (C(OH)–C–C–N with tert-alkyl or cyclic N) is 1. The molecule has 5 heterocycles. The van der Waals surface area contributed by atoms with Crippen molar-refractivity contribution in [2.24, 2.45) is 0 Å². The Balaban J connectivity index is 1.44. The van der Waals surface area contributed by atoms with Gasteiger partial charge in [-0.3, -0.25) is 9.80 Å². The van der Waals surface area contributed by atoms with Crippen molar-refractivity contribution in [2.75, 3.05) is 36.1 Å². The van der Waals surface area contributed by atoms with Crippen LogP contribution < -0.4 is 9.80 Å². The molecule has 5 rings (SSSR count). The Morgan fingerprint density at radius 2 is 1.86 bits per heavy atom. The molecule has 0 radical (unpaired) electrons. The number of ether oxygens (including phenoxy) is 2. The number of aromatic nitrogens is 3. The molecule has 2 fully saturated rings. The second-order valence-electron chi connectivity index (χ2n) is 12.7. The van der Waals surface area contributed by atoms with Crippen LogP contribution in [0.15, 0.2) is 36.8 Å². The standard InChI is InChI=1S/C30H36FN7O5/c1-29(2,3)42-27(40)35(10-9-31)20-11-21(25-19(12-32)14-34-38(25)15-20)18-7-8-24(33-13-18)37-16-22-26(37)23(39)17-36(22)28(41)43-30(4,5)6/h7-8,11,13-15,22-23,26,39H,9-10,16-17H2,1-6H3/t22-,23-,26+/m0/s1. The number of aliphatic hydroxyl groups is 1. The summed E-state index contributed by atoms with van der Waals surface area (Å²) in [5, 5.41) is 24.8. The summed E-state index contributed by atoms with van der Waals surface area (Å²) in [5.41, 5.74) is 0.946. The maximum atomic E-state index is 13.6. The van der Waals surface area contributed by atoms with E-state index in [0.29, 0.717) is 40.3 Å². The van der Waals surface area contributed by atoms with Gasteiger partial charge in [-0.15, -0.1) is 0 Å². The van der Waals surface area contributed by atoms with E-state index in [1.165, 1.54) is 15.6 Å². The van der Waals surface area contributed by atoms with Crippen LogP contribution in [0.5, 0.6) is 0 Å². The van der Waals surface area contributed by atoms with Crippen LogP contribution in [0.1, 0.15) is 47.1 Å². The van der Waals surface area contributed by atoms with E-state index in [4.69, 9.17) is 9.47 Å². The van der Waals surface area contributed by atoms with Gasteiger partial charge in [0.15, 0.2) is 0 Å². The van der Waals surface area contributed by atoms with E-state index in [9.17, 15) is 24.3 Å². The number of likely N-dealkylation sites (tertiary alicyclic amines) is 1. The minimum absolute atomic E-state index is 0.175. The van der Waals surface area contributed by atoms with Crippen molar-refractivity contribution in [3.8, 4) is 17.2 Å². The molecular weight excluding hydrogens is 557 g/mol. The van der Waals surface area contributed by atoms with Crippen LogP contribution in [0.2, 0.25) is 0 Å². The molecule has 0 unspecified atom stereocenters. The summed E-state index contributed by atoms with van der Waals surface area (Å²) in [6, 6.07) is 6.95. The van der Waals surface area contributed by atoms with Gasteiger partial charge in [-0.05, 0) is 59.7 Å². The summed E-state index contributed by atoms with van der Waals surface area (Å²) in [6.45, 7) is 10.2. The molecule has 0 spiro atoms. The largest absolute Gasteiger partial charge is 0.444 e. The molecule has 3 atom stereocenters. The molecule has 2 saturated heterocycles. The number of aliphatic hydroxyl groups excluding tert-OH is 1. The number of hydrogen-bond acceptors (Lipinski definition) is 9. The summed E-state index contributed by atoms with van der Waals surface area (Å²) in [4.78, 5) is 35.0. The monoisotopic (exact) mass is 593 g/mol. The maximum absolute atomic E-state index is 13.6. The third kappa shape index (κ3) is 5.92. The van der Waals surface area contributed by atoms with Crippen LogP contribution in [-0.4, -0.2) is 92.5 Å². The molecule has 0 aliphatic carbocycles. The molecule has 1 N–H and O–H groups in total. The van der Waals surface area contributed by atoms with Crippen LogP contribution in [0.25, 0.3) is 16.6 Å². The van der Waals surface area contributed by atoms with Crippen molar-refractivity contribution in [1.82, 2.24) is 19.5 Å². The second kappa shape index (κ2) is 11.0. The molecule has 3 aromatic heterocycles. The van der Waals surface area contributed by atoms with Crippen LogP contribution in [0.3, 0.4) is 0 Å².